The highest BCUT2D eigenvalue weighted by atomic mass is 16.1. The number of amides is 1. The zero-order chi connectivity index (χ0) is 10.6. The summed E-state index contributed by atoms with van der Waals surface area (Å²) in [5.41, 5.74) is 5.78. The number of primary amides is 1. The van der Waals surface area contributed by atoms with Crippen molar-refractivity contribution in [2.45, 2.75) is 6.42 Å². The molecule has 0 bridgehead atoms. The maximum absolute atomic E-state index is 11.2. The molecule has 0 heterocycles. The summed E-state index contributed by atoms with van der Waals surface area (Å²) in [6, 6.07) is 7.66. The quantitative estimate of drug-likeness (QED) is 0.714. The number of benzene rings is 1. The van der Waals surface area contributed by atoms with Crippen molar-refractivity contribution in [2.24, 2.45) is 5.73 Å². The number of hydrogen-bond acceptors (Lipinski definition) is 3. The van der Waals surface area contributed by atoms with Gasteiger partial charge in [0.25, 0.3) is 0 Å². The van der Waals surface area contributed by atoms with Crippen LogP contribution in [0, 0.1) is 11.3 Å². The molecule has 1 rings (SSSR count). The highest BCUT2D eigenvalue weighted by Gasteiger charge is 2.05. The molecule has 0 atom stereocenters. The third-order valence-electron chi connectivity index (χ3n) is 1.73. The first kappa shape index (κ1) is 9.93. The molecule has 1 amide bonds. The van der Waals surface area contributed by atoms with E-state index in [1.54, 1.807) is 6.07 Å². The average Bonchev–Trinajstić information content (AvgIpc) is 2.18. The van der Waals surface area contributed by atoms with Crippen molar-refractivity contribution >= 4 is 11.7 Å². The second-order valence-electron chi connectivity index (χ2n) is 2.70. The van der Waals surface area contributed by atoms with E-state index in [9.17, 15) is 9.59 Å². The fourth-order valence-electron chi connectivity index (χ4n) is 0.994. The Hall–Kier alpha value is -2.15. The summed E-state index contributed by atoms with van der Waals surface area (Å²) >= 11 is 0. The van der Waals surface area contributed by atoms with Crippen LogP contribution < -0.4 is 5.73 Å². The molecule has 1 aromatic carbocycles. The fourth-order valence-corrected chi connectivity index (χ4v) is 0.994. The number of carbonyl (C=O) groups is 2. The smallest absolute Gasteiger partial charge is 0.248 e. The van der Waals surface area contributed by atoms with Gasteiger partial charge in [-0.3, -0.25) is 9.59 Å². The Morgan fingerprint density at radius 2 is 1.71 bits per heavy atom. The lowest BCUT2D eigenvalue weighted by molar-refractivity contribution is 0.0987. The summed E-state index contributed by atoms with van der Waals surface area (Å²) in [5.74, 6) is -0.798. The molecule has 14 heavy (non-hydrogen) atoms. The van der Waals surface area contributed by atoms with Crippen molar-refractivity contribution in [3.8, 4) is 6.07 Å². The summed E-state index contributed by atoms with van der Waals surface area (Å²) < 4.78 is 0. The van der Waals surface area contributed by atoms with Gasteiger partial charge in [0, 0.05) is 11.1 Å². The van der Waals surface area contributed by atoms with Crippen molar-refractivity contribution < 1.29 is 9.59 Å². The van der Waals surface area contributed by atoms with E-state index in [1.807, 2.05) is 0 Å². The number of nitriles is 1. The van der Waals surface area contributed by atoms with Crippen LogP contribution in [0.4, 0.5) is 0 Å². The molecule has 0 fully saturated rings. The number of Topliss-reactive ketones (excluding diaryl/α,β-unsaturated/α-hetero) is 1. The van der Waals surface area contributed by atoms with Crippen molar-refractivity contribution in [3.63, 3.8) is 0 Å². The van der Waals surface area contributed by atoms with E-state index in [4.69, 9.17) is 11.0 Å². The molecular weight excluding hydrogens is 180 g/mol. The van der Waals surface area contributed by atoms with Crippen LogP contribution in [0.5, 0.6) is 0 Å². The van der Waals surface area contributed by atoms with Gasteiger partial charge < -0.3 is 5.73 Å². The van der Waals surface area contributed by atoms with Crippen LogP contribution >= 0.6 is 0 Å². The molecule has 1 aromatic rings. The highest BCUT2D eigenvalue weighted by Crippen LogP contribution is 2.06. The Morgan fingerprint density at radius 3 is 2.14 bits per heavy atom. The normalized spacial score (nSPS) is 9.07. The Kier molecular flexibility index (Phi) is 2.97. The van der Waals surface area contributed by atoms with Gasteiger partial charge in [-0.05, 0) is 12.1 Å². The SMILES string of the molecule is N#CCC(=O)c1ccc(C(N)=O)cc1. The van der Waals surface area contributed by atoms with Crippen LogP contribution in [-0.2, 0) is 0 Å². The maximum atomic E-state index is 11.2. The van der Waals surface area contributed by atoms with Crippen molar-refractivity contribution in [3.05, 3.63) is 35.4 Å². The van der Waals surface area contributed by atoms with Crippen LogP contribution in [0.1, 0.15) is 27.1 Å². The van der Waals surface area contributed by atoms with Crippen molar-refractivity contribution in [1.29, 1.82) is 5.26 Å². The van der Waals surface area contributed by atoms with Crippen LogP contribution in [0.15, 0.2) is 24.3 Å². The number of nitrogens with two attached hydrogens (primary N) is 1. The molecule has 2 N–H and O–H groups in total. The Balaban J connectivity index is 2.89. The van der Waals surface area contributed by atoms with Gasteiger partial charge in [0.2, 0.25) is 5.91 Å². The summed E-state index contributed by atoms with van der Waals surface area (Å²) in [7, 11) is 0. The molecule has 0 radical (unpaired) electrons. The van der Waals surface area contributed by atoms with E-state index in [0.717, 1.165) is 0 Å². The lowest BCUT2D eigenvalue weighted by Gasteiger charge is -1.97. The third-order valence-corrected chi connectivity index (χ3v) is 1.73. The van der Waals surface area contributed by atoms with Crippen molar-refractivity contribution in [2.75, 3.05) is 0 Å². The zero-order valence-electron chi connectivity index (χ0n) is 7.36. The monoisotopic (exact) mass is 188 g/mol. The highest BCUT2D eigenvalue weighted by molar-refractivity contribution is 5.99. The topological polar surface area (TPSA) is 83.9 Å². The number of ketones is 1. The van der Waals surface area contributed by atoms with Gasteiger partial charge in [-0.2, -0.15) is 5.26 Å². The largest absolute Gasteiger partial charge is 0.366 e. The Labute approximate surface area is 80.9 Å². The molecule has 0 spiro atoms. The molecule has 0 saturated heterocycles. The molecule has 0 aliphatic carbocycles. The second kappa shape index (κ2) is 4.19. The van der Waals surface area contributed by atoms with E-state index >= 15 is 0 Å². The van der Waals surface area contributed by atoms with Gasteiger partial charge >= 0.3 is 0 Å². The first-order chi connectivity index (χ1) is 6.65. The number of rotatable bonds is 3. The van der Waals surface area contributed by atoms with Gasteiger partial charge in [0.1, 0.15) is 0 Å². The maximum Gasteiger partial charge on any atom is 0.248 e. The Morgan fingerprint density at radius 1 is 1.21 bits per heavy atom. The van der Waals surface area contributed by atoms with E-state index < -0.39 is 5.91 Å². The first-order valence-electron chi connectivity index (χ1n) is 3.95. The molecular formula is C10H8N2O2. The molecule has 4 heteroatoms. The number of carbonyl (C=O) groups excluding carboxylic acids is 2. The average molecular weight is 188 g/mol. The van der Waals surface area contributed by atoms with E-state index in [2.05, 4.69) is 0 Å². The molecule has 0 saturated carbocycles. The predicted octanol–water partition coefficient (Wildman–Crippen LogP) is 0.882. The number of nitrogens with zero attached hydrogens (tertiary/aromatic N) is 1. The fraction of sp³-hybridized carbons (Fsp3) is 0.100. The molecule has 70 valence electrons. The van der Waals surface area contributed by atoms with Gasteiger partial charge in [0.05, 0.1) is 12.5 Å². The predicted molar refractivity (Wildman–Crippen MR) is 49.5 cm³/mol. The lowest BCUT2D eigenvalue weighted by Crippen LogP contribution is -2.11. The summed E-state index contributed by atoms with van der Waals surface area (Å²) in [6.07, 6.45) is -0.157. The molecule has 0 unspecified atom stereocenters. The second-order valence-corrected chi connectivity index (χ2v) is 2.70. The molecule has 0 aliphatic rings. The Bertz CT molecular complexity index is 401. The van der Waals surface area contributed by atoms with E-state index in [1.165, 1.54) is 24.3 Å². The van der Waals surface area contributed by atoms with Crippen LogP contribution in [0.3, 0.4) is 0 Å². The van der Waals surface area contributed by atoms with Gasteiger partial charge in [-0.15, -0.1) is 0 Å². The summed E-state index contributed by atoms with van der Waals surface area (Å²) in [4.78, 5) is 21.9. The summed E-state index contributed by atoms with van der Waals surface area (Å²) in [5, 5.41) is 8.30. The standard InChI is InChI=1S/C10H8N2O2/c11-6-5-9(13)7-1-3-8(4-2-7)10(12)14/h1-4H,5H2,(H2,12,14). The minimum absolute atomic E-state index is 0.157. The number of hydrogen-bond donors (Lipinski definition) is 1. The van der Waals surface area contributed by atoms with Crippen molar-refractivity contribution in [1.82, 2.24) is 0 Å². The van der Waals surface area contributed by atoms with Gasteiger partial charge in [-0.25, -0.2) is 0 Å². The molecule has 0 aromatic heterocycles. The first-order valence-corrected chi connectivity index (χ1v) is 3.95. The van der Waals surface area contributed by atoms with Gasteiger partial charge in [0.15, 0.2) is 5.78 Å². The van der Waals surface area contributed by atoms with Gasteiger partial charge in [-0.1, -0.05) is 12.1 Å². The van der Waals surface area contributed by atoms with Crippen LogP contribution in [0.25, 0.3) is 0 Å². The summed E-state index contributed by atoms with van der Waals surface area (Å²) in [6.45, 7) is 0. The minimum atomic E-state index is -0.538. The third kappa shape index (κ3) is 2.17. The van der Waals surface area contributed by atoms with Crippen LogP contribution in [-0.4, -0.2) is 11.7 Å². The van der Waals surface area contributed by atoms with Crippen LogP contribution in [0.2, 0.25) is 0 Å². The molecule has 0 aliphatic heterocycles. The lowest BCUT2D eigenvalue weighted by atomic mass is 10.1. The van der Waals surface area contributed by atoms with E-state index in [-0.39, 0.29) is 12.2 Å². The minimum Gasteiger partial charge on any atom is -0.366 e. The molecule has 4 nitrogen and oxygen atoms in total. The zero-order valence-corrected chi connectivity index (χ0v) is 7.36. The van der Waals surface area contributed by atoms with E-state index in [0.29, 0.717) is 11.1 Å².